The second-order valence-electron chi connectivity index (χ2n) is 9.98. The third-order valence-corrected chi connectivity index (χ3v) is 9.05. The topological polar surface area (TPSA) is 123 Å². The summed E-state index contributed by atoms with van der Waals surface area (Å²) in [7, 11) is -3.97. The minimum absolute atomic E-state index is 0.107. The van der Waals surface area contributed by atoms with Crippen LogP contribution in [0.1, 0.15) is 52.8 Å². The van der Waals surface area contributed by atoms with Crippen molar-refractivity contribution >= 4 is 27.6 Å². The summed E-state index contributed by atoms with van der Waals surface area (Å²) in [6.45, 7) is 3.09. The highest BCUT2D eigenvalue weighted by molar-refractivity contribution is 7.93. The summed E-state index contributed by atoms with van der Waals surface area (Å²) in [5.41, 5.74) is 8.56. The van der Waals surface area contributed by atoms with Crippen LogP contribution in [0.2, 0.25) is 0 Å². The molecule has 0 saturated carbocycles. The summed E-state index contributed by atoms with van der Waals surface area (Å²) in [5.74, 6) is 4.84. The van der Waals surface area contributed by atoms with Crippen LogP contribution in [0.5, 0.6) is 0 Å². The molecule has 2 N–H and O–H groups in total. The van der Waals surface area contributed by atoms with Gasteiger partial charge in [-0.15, -0.1) is 0 Å². The zero-order valence-electron chi connectivity index (χ0n) is 22.3. The van der Waals surface area contributed by atoms with Crippen molar-refractivity contribution in [1.29, 1.82) is 0 Å². The molecule has 10 heteroatoms. The summed E-state index contributed by atoms with van der Waals surface area (Å²) < 4.78 is 38.5. The molecule has 1 fully saturated rings. The number of nitrogens with two attached hydrogens (primary N) is 1. The molecule has 2 aliphatic rings. The lowest BCUT2D eigenvalue weighted by Crippen LogP contribution is -2.48. The number of fused-ring (bicyclic) bond motifs is 2. The Morgan fingerprint density at radius 3 is 2.50 bits per heavy atom. The lowest BCUT2D eigenvalue weighted by Gasteiger charge is -2.39. The maximum atomic E-state index is 13.3. The van der Waals surface area contributed by atoms with E-state index in [9.17, 15) is 18.0 Å². The van der Waals surface area contributed by atoms with E-state index in [1.165, 1.54) is 4.31 Å². The number of rotatable bonds is 6. The molecule has 1 saturated heterocycles. The SMILES string of the molecule is CCOC(=O)CS(=O)(=O)N1CC2(CCN(C(=O)c3ccc(C#Cc4ccccc4)o3)CC2)c2cc(CN)ccc21. The second-order valence-corrected chi connectivity index (χ2v) is 11.9. The van der Waals surface area contributed by atoms with Gasteiger partial charge < -0.3 is 19.8 Å². The maximum absolute atomic E-state index is 13.3. The normalized spacial score (nSPS) is 15.8. The first-order chi connectivity index (χ1) is 19.2. The van der Waals surface area contributed by atoms with Crippen molar-refractivity contribution in [1.82, 2.24) is 4.90 Å². The van der Waals surface area contributed by atoms with E-state index in [1.807, 2.05) is 36.4 Å². The Hall–Kier alpha value is -4.07. The van der Waals surface area contributed by atoms with E-state index in [1.54, 1.807) is 36.1 Å². The van der Waals surface area contributed by atoms with E-state index < -0.39 is 27.2 Å². The molecule has 1 amide bonds. The Bertz CT molecular complexity index is 1580. The third kappa shape index (κ3) is 5.48. The molecule has 2 aliphatic heterocycles. The van der Waals surface area contributed by atoms with Gasteiger partial charge >= 0.3 is 5.97 Å². The number of carbonyl (C=O) groups is 2. The number of carbonyl (C=O) groups excluding carboxylic acids is 2. The lowest BCUT2D eigenvalue weighted by atomic mass is 9.74. The van der Waals surface area contributed by atoms with Crippen molar-refractivity contribution in [3.05, 3.63) is 88.9 Å². The number of amides is 1. The Morgan fingerprint density at radius 2 is 1.80 bits per heavy atom. The molecule has 1 spiro atoms. The first-order valence-electron chi connectivity index (χ1n) is 13.2. The second kappa shape index (κ2) is 11.2. The van der Waals surface area contributed by atoms with Gasteiger partial charge in [-0.05, 0) is 67.1 Å². The minimum atomic E-state index is -3.97. The molecule has 0 aliphatic carbocycles. The highest BCUT2D eigenvalue weighted by Gasteiger charge is 2.49. The fourth-order valence-electron chi connectivity index (χ4n) is 5.37. The van der Waals surface area contributed by atoms with Crippen LogP contribution in [0.4, 0.5) is 5.69 Å². The van der Waals surface area contributed by atoms with Crippen molar-refractivity contribution in [2.45, 2.75) is 31.7 Å². The largest absolute Gasteiger partial charge is 0.465 e. The van der Waals surface area contributed by atoms with Gasteiger partial charge in [0.25, 0.3) is 5.91 Å². The van der Waals surface area contributed by atoms with Gasteiger partial charge in [-0.3, -0.25) is 13.9 Å². The van der Waals surface area contributed by atoms with E-state index in [2.05, 4.69) is 11.8 Å². The zero-order chi connectivity index (χ0) is 28.3. The average molecular weight is 562 g/mol. The van der Waals surface area contributed by atoms with Crippen molar-refractivity contribution in [3.8, 4) is 11.8 Å². The van der Waals surface area contributed by atoms with Crippen molar-refractivity contribution in [2.24, 2.45) is 5.73 Å². The van der Waals surface area contributed by atoms with Gasteiger partial charge in [0.2, 0.25) is 10.0 Å². The molecule has 0 atom stereocenters. The first-order valence-corrected chi connectivity index (χ1v) is 14.8. The average Bonchev–Trinajstić information content (AvgIpc) is 3.56. The molecule has 9 nitrogen and oxygen atoms in total. The summed E-state index contributed by atoms with van der Waals surface area (Å²) in [5, 5.41) is 0. The van der Waals surface area contributed by atoms with Gasteiger partial charge in [-0.1, -0.05) is 36.3 Å². The number of sulfonamides is 1. The Morgan fingerprint density at radius 1 is 1.05 bits per heavy atom. The van der Waals surface area contributed by atoms with E-state index >= 15 is 0 Å². The van der Waals surface area contributed by atoms with Crippen molar-refractivity contribution in [3.63, 3.8) is 0 Å². The van der Waals surface area contributed by atoms with Crippen molar-refractivity contribution < 1.29 is 27.2 Å². The monoisotopic (exact) mass is 561 g/mol. The summed E-state index contributed by atoms with van der Waals surface area (Å²) in [6.07, 6.45) is 1.10. The van der Waals surface area contributed by atoms with Gasteiger partial charge in [-0.2, -0.15) is 0 Å². The Balaban J connectivity index is 1.33. The molecule has 5 rings (SSSR count). The van der Waals surface area contributed by atoms with Gasteiger partial charge in [0, 0.05) is 37.2 Å². The lowest BCUT2D eigenvalue weighted by molar-refractivity contribution is -0.139. The van der Waals surface area contributed by atoms with E-state index in [0.717, 1.165) is 16.7 Å². The first kappa shape index (κ1) is 27.5. The molecule has 0 unspecified atom stereocenters. The van der Waals surface area contributed by atoms with Gasteiger partial charge in [0.05, 0.1) is 12.3 Å². The van der Waals surface area contributed by atoms with Crippen LogP contribution in [0.25, 0.3) is 0 Å². The molecular formula is C30H31N3O6S. The van der Waals surface area contributed by atoms with Crippen LogP contribution < -0.4 is 10.0 Å². The number of nitrogens with zero attached hydrogens (tertiary/aromatic N) is 2. The molecule has 0 radical (unpaired) electrons. The predicted molar refractivity (Wildman–Crippen MR) is 150 cm³/mol. The fraction of sp³-hybridized carbons (Fsp3) is 0.333. The fourth-order valence-corrected chi connectivity index (χ4v) is 6.81. The van der Waals surface area contributed by atoms with E-state index in [-0.39, 0.29) is 24.8 Å². The number of ether oxygens (including phenoxy) is 1. The predicted octanol–water partition coefficient (Wildman–Crippen LogP) is 3.03. The van der Waals surface area contributed by atoms with Crippen molar-refractivity contribution in [2.75, 3.05) is 36.3 Å². The smallest absolute Gasteiger partial charge is 0.323 e. The highest BCUT2D eigenvalue weighted by atomic mass is 32.2. The molecule has 40 heavy (non-hydrogen) atoms. The molecule has 3 heterocycles. The number of hydrogen-bond acceptors (Lipinski definition) is 7. The standard InChI is InChI=1S/C30H31N3O6S/c1-2-38-28(34)20-40(36,37)33-21-30(25-18-23(19-31)9-12-26(25)33)14-16-32(17-15-30)29(35)27-13-11-24(39-27)10-8-22-6-4-3-5-7-22/h3-7,9,11-13,18H,2,14-17,19-21,31H2,1H3. The Kier molecular flexibility index (Phi) is 7.70. The number of likely N-dealkylation sites (tertiary alicyclic amines) is 1. The number of benzene rings is 2. The summed E-state index contributed by atoms with van der Waals surface area (Å²) in [6, 6.07) is 18.3. The van der Waals surface area contributed by atoms with Crippen LogP contribution in [0, 0.1) is 11.8 Å². The van der Waals surface area contributed by atoms with Crippen LogP contribution in [-0.4, -0.2) is 57.2 Å². The number of esters is 1. The minimum Gasteiger partial charge on any atom is -0.465 e. The van der Waals surface area contributed by atoms with E-state index in [0.29, 0.717) is 43.9 Å². The Labute approximate surface area is 233 Å². The maximum Gasteiger partial charge on any atom is 0.323 e. The van der Waals surface area contributed by atoms with Crippen LogP contribution >= 0.6 is 0 Å². The molecule has 208 valence electrons. The number of piperidine rings is 1. The molecule has 2 aromatic carbocycles. The number of hydrogen-bond donors (Lipinski definition) is 1. The summed E-state index contributed by atoms with van der Waals surface area (Å²) >= 11 is 0. The molecule has 1 aromatic heterocycles. The third-order valence-electron chi connectivity index (χ3n) is 7.45. The van der Waals surface area contributed by atoms with Crippen LogP contribution in [0.3, 0.4) is 0 Å². The molecule has 0 bridgehead atoms. The van der Waals surface area contributed by atoms with Gasteiger partial charge in [0.15, 0.2) is 17.3 Å². The van der Waals surface area contributed by atoms with Crippen LogP contribution in [0.15, 0.2) is 65.1 Å². The number of furan rings is 1. The van der Waals surface area contributed by atoms with Crippen LogP contribution in [-0.2, 0) is 31.5 Å². The van der Waals surface area contributed by atoms with Gasteiger partial charge in [0.1, 0.15) is 0 Å². The number of anilines is 1. The highest BCUT2D eigenvalue weighted by Crippen LogP contribution is 2.48. The summed E-state index contributed by atoms with van der Waals surface area (Å²) in [4.78, 5) is 27.0. The zero-order valence-corrected chi connectivity index (χ0v) is 23.1. The van der Waals surface area contributed by atoms with E-state index in [4.69, 9.17) is 14.9 Å². The van der Waals surface area contributed by atoms with Gasteiger partial charge in [-0.25, -0.2) is 8.42 Å². The quantitative estimate of drug-likeness (QED) is 0.363. The molecular weight excluding hydrogens is 530 g/mol. The molecule has 3 aromatic rings.